The Bertz CT molecular complexity index is 866. The molecule has 0 aliphatic carbocycles. The number of nitrogens with zero attached hydrogens (tertiary/aromatic N) is 2. The summed E-state index contributed by atoms with van der Waals surface area (Å²) in [6.07, 6.45) is 1.44. The zero-order chi connectivity index (χ0) is 20.0. The molecule has 0 saturated heterocycles. The van der Waals surface area contributed by atoms with Crippen LogP contribution in [0.4, 0.5) is 5.69 Å². The summed E-state index contributed by atoms with van der Waals surface area (Å²) in [5, 5.41) is 14.5. The standard InChI is InChI=1S/C18H18BrN3O5/c1-11(2)27-17-15(19)8-12(9-16(17)26-3)10-20-21-18(23)13-4-6-14(7-5-13)22(24)25/h4-11H,1-3H3,(H,21,23)/b20-10+. The molecule has 0 radical (unpaired) electrons. The summed E-state index contributed by atoms with van der Waals surface area (Å²) >= 11 is 3.43. The van der Waals surface area contributed by atoms with Gasteiger partial charge in [0.15, 0.2) is 11.5 Å². The normalized spacial score (nSPS) is 10.9. The van der Waals surface area contributed by atoms with Crippen molar-refractivity contribution in [2.24, 2.45) is 5.10 Å². The molecule has 8 nitrogen and oxygen atoms in total. The van der Waals surface area contributed by atoms with E-state index in [0.717, 1.165) is 0 Å². The molecule has 0 heterocycles. The highest BCUT2D eigenvalue weighted by atomic mass is 79.9. The van der Waals surface area contributed by atoms with Gasteiger partial charge in [-0.3, -0.25) is 14.9 Å². The number of carbonyl (C=O) groups excluding carboxylic acids is 1. The van der Waals surface area contributed by atoms with Gasteiger partial charge in [0.05, 0.1) is 28.8 Å². The number of rotatable bonds is 7. The average Bonchev–Trinajstić information content (AvgIpc) is 2.63. The first-order valence-electron chi connectivity index (χ1n) is 7.94. The number of nitro benzene ring substituents is 1. The van der Waals surface area contributed by atoms with Crippen molar-refractivity contribution in [3.63, 3.8) is 0 Å². The van der Waals surface area contributed by atoms with E-state index in [4.69, 9.17) is 9.47 Å². The van der Waals surface area contributed by atoms with Crippen LogP contribution in [-0.4, -0.2) is 30.3 Å². The molecule has 2 aromatic rings. The fourth-order valence-electron chi connectivity index (χ4n) is 2.13. The van der Waals surface area contributed by atoms with Gasteiger partial charge in [-0.25, -0.2) is 5.43 Å². The number of non-ortho nitro benzene ring substituents is 1. The number of benzene rings is 2. The number of carbonyl (C=O) groups is 1. The molecule has 0 aromatic heterocycles. The van der Waals surface area contributed by atoms with Gasteiger partial charge in [0.1, 0.15) is 0 Å². The smallest absolute Gasteiger partial charge is 0.271 e. The summed E-state index contributed by atoms with van der Waals surface area (Å²) in [5.41, 5.74) is 3.23. The Morgan fingerprint density at radius 2 is 1.96 bits per heavy atom. The van der Waals surface area contributed by atoms with Gasteiger partial charge in [-0.05, 0) is 59.6 Å². The number of methoxy groups -OCH3 is 1. The van der Waals surface area contributed by atoms with E-state index in [1.165, 1.54) is 37.6 Å². The number of amides is 1. The molecule has 0 fully saturated rings. The molecular weight excluding hydrogens is 418 g/mol. The summed E-state index contributed by atoms with van der Waals surface area (Å²) in [6.45, 7) is 3.82. The monoisotopic (exact) mass is 435 g/mol. The van der Waals surface area contributed by atoms with E-state index < -0.39 is 10.8 Å². The minimum Gasteiger partial charge on any atom is -0.493 e. The molecule has 1 amide bonds. The molecule has 0 unspecified atom stereocenters. The third-order valence-electron chi connectivity index (χ3n) is 3.33. The molecule has 9 heteroatoms. The van der Waals surface area contributed by atoms with E-state index >= 15 is 0 Å². The van der Waals surface area contributed by atoms with E-state index in [1.807, 2.05) is 13.8 Å². The van der Waals surface area contributed by atoms with Crippen LogP contribution in [0.1, 0.15) is 29.8 Å². The number of halogens is 1. The predicted octanol–water partition coefficient (Wildman–Crippen LogP) is 3.92. The van der Waals surface area contributed by atoms with Crippen molar-refractivity contribution in [3.05, 3.63) is 62.1 Å². The summed E-state index contributed by atoms with van der Waals surface area (Å²) in [7, 11) is 1.53. The van der Waals surface area contributed by atoms with E-state index in [9.17, 15) is 14.9 Å². The van der Waals surface area contributed by atoms with Crippen molar-refractivity contribution >= 4 is 33.7 Å². The summed E-state index contributed by atoms with van der Waals surface area (Å²) in [5.74, 6) is 0.632. The van der Waals surface area contributed by atoms with E-state index in [2.05, 4.69) is 26.5 Å². The van der Waals surface area contributed by atoms with Crippen molar-refractivity contribution in [2.75, 3.05) is 7.11 Å². The van der Waals surface area contributed by atoms with Crippen LogP contribution in [0, 0.1) is 10.1 Å². The zero-order valence-corrected chi connectivity index (χ0v) is 16.5. The van der Waals surface area contributed by atoms with Crippen LogP contribution in [0.15, 0.2) is 46.0 Å². The van der Waals surface area contributed by atoms with Gasteiger partial charge >= 0.3 is 0 Å². The molecule has 0 bridgehead atoms. The van der Waals surface area contributed by atoms with Gasteiger partial charge in [-0.1, -0.05) is 0 Å². The Balaban J connectivity index is 2.10. The fourth-order valence-corrected chi connectivity index (χ4v) is 2.68. The highest BCUT2D eigenvalue weighted by Crippen LogP contribution is 2.36. The van der Waals surface area contributed by atoms with E-state index in [0.29, 0.717) is 21.5 Å². The maximum Gasteiger partial charge on any atom is 0.271 e. The van der Waals surface area contributed by atoms with Crippen LogP contribution < -0.4 is 14.9 Å². The quantitative estimate of drug-likeness (QED) is 0.403. The van der Waals surface area contributed by atoms with Crippen LogP contribution >= 0.6 is 15.9 Å². The van der Waals surface area contributed by atoms with Gasteiger partial charge in [0.2, 0.25) is 0 Å². The SMILES string of the molecule is COc1cc(/C=N/NC(=O)c2ccc([N+](=O)[O-])cc2)cc(Br)c1OC(C)C. The lowest BCUT2D eigenvalue weighted by Gasteiger charge is -2.15. The first kappa shape index (κ1) is 20.4. The number of hydrogen-bond acceptors (Lipinski definition) is 6. The Kier molecular flexibility index (Phi) is 6.89. The van der Waals surface area contributed by atoms with Crippen molar-refractivity contribution in [2.45, 2.75) is 20.0 Å². The van der Waals surface area contributed by atoms with E-state index in [-0.39, 0.29) is 17.4 Å². The minimum absolute atomic E-state index is 0.0179. The van der Waals surface area contributed by atoms with Gasteiger partial charge in [0, 0.05) is 17.7 Å². The second-order valence-electron chi connectivity index (χ2n) is 5.70. The Morgan fingerprint density at radius 3 is 2.52 bits per heavy atom. The van der Waals surface area contributed by atoms with Crippen molar-refractivity contribution in [1.82, 2.24) is 5.43 Å². The van der Waals surface area contributed by atoms with Crippen LogP contribution in [0.3, 0.4) is 0 Å². The zero-order valence-electron chi connectivity index (χ0n) is 14.9. The molecular formula is C18H18BrN3O5. The maximum atomic E-state index is 12.0. The van der Waals surface area contributed by atoms with Crippen molar-refractivity contribution in [1.29, 1.82) is 0 Å². The second kappa shape index (κ2) is 9.13. The molecule has 0 spiro atoms. The third kappa shape index (κ3) is 5.52. The highest BCUT2D eigenvalue weighted by molar-refractivity contribution is 9.10. The summed E-state index contributed by atoms with van der Waals surface area (Å²) in [4.78, 5) is 22.1. The summed E-state index contributed by atoms with van der Waals surface area (Å²) in [6, 6.07) is 8.75. The van der Waals surface area contributed by atoms with Crippen molar-refractivity contribution in [3.8, 4) is 11.5 Å². The molecule has 1 N–H and O–H groups in total. The van der Waals surface area contributed by atoms with Crippen molar-refractivity contribution < 1.29 is 19.2 Å². The molecule has 0 aliphatic rings. The van der Waals surface area contributed by atoms with Gasteiger partial charge in [-0.15, -0.1) is 0 Å². The van der Waals surface area contributed by atoms with Gasteiger partial charge < -0.3 is 9.47 Å². The second-order valence-corrected chi connectivity index (χ2v) is 6.56. The number of nitro groups is 1. The van der Waals surface area contributed by atoms with Crippen LogP contribution in [0.25, 0.3) is 0 Å². The first-order valence-corrected chi connectivity index (χ1v) is 8.73. The number of hydrogen-bond donors (Lipinski definition) is 1. The number of ether oxygens (including phenoxy) is 2. The Hall–Kier alpha value is -2.94. The van der Waals surface area contributed by atoms with E-state index in [1.54, 1.807) is 12.1 Å². The lowest BCUT2D eigenvalue weighted by Crippen LogP contribution is -2.17. The first-order chi connectivity index (χ1) is 12.8. The third-order valence-corrected chi connectivity index (χ3v) is 3.91. The molecule has 0 saturated carbocycles. The number of nitrogens with one attached hydrogen (secondary N) is 1. The summed E-state index contributed by atoms with van der Waals surface area (Å²) < 4.78 is 11.7. The lowest BCUT2D eigenvalue weighted by atomic mass is 10.2. The average molecular weight is 436 g/mol. The highest BCUT2D eigenvalue weighted by Gasteiger charge is 2.13. The lowest BCUT2D eigenvalue weighted by molar-refractivity contribution is -0.384. The molecule has 0 atom stereocenters. The van der Waals surface area contributed by atoms with Gasteiger partial charge in [0.25, 0.3) is 11.6 Å². The molecule has 2 aromatic carbocycles. The van der Waals surface area contributed by atoms with Crippen LogP contribution in [0.5, 0.6) is 11.5 Å². The Morgan fingerprint density at radius 1 is 1.30 bits per heavy atom. The minimum atomic E-state index is -0.530. The number of hydrazone groups is 1. The predicted molar refractivity (Wildman–Crippen MR) is 105 cm³/mol. The molecule has 0 aliphatic heterocycles. The van der Waals surface area contributed by atoms with Gasteiger partial charge in [-0.2, -0.15) is 5.10 Å². The topological polar surface area (TPSA) is 103 Å². The Labute approximate surface area is 164 Å². The molecule has 2 rings (SSSR count). The molecule has 142 valence electrons. The fraction of sp³-hybridized carbons (Fsp3) is 0.222. The molecule has 27 heavy (non-hydrogen) atoms. The maximum absolute atomic E-state index is 12.0. The van der Waals surface area contributed by atoms with Crippen LogP contribution in [0.2, 0.25) is 0 Å². The largest absolute Gasteiger partial charge is 0.493 e. The van der Waals surface area contributed by atoms with Crippen LogP contribution in [-0.2, 0) is 0 Å².